The van der Waals surface area contributed by atoms with Crippen LogP contribution in [0.5, 0.6) is 0 Å². The Labute approximate surface area is 98.8 Å². The Bertz CT molecular complexity index is 202. The van der Waals surface area contributed by atoms with Crippen molar-refractivity contribution in [3.63, 3.8) is 0 Å². The van der Waals surface area contributed by atoms with Gasteiger partial charge in [-0.1, -0.05) is 13.8 Å². The van der Waals surface area contributed by atoms with Gasteiger partial charge < -0.3 is 15.5 Å². The highest BCUT2D eigenvalue weighted by atomic mass is 16.2. The number of nitrogens with one attached hydrogen (secondary N) is 2. The van der Waals surface area contributed by atoms with Crippen LogP contribution >= 0.6 is 0 Å². The molecular weight excluding hydrogens is 202 g/mol. The van der Waals surface area contributed by atoms with Gasteiger partial charge in [0.15, 0.2) is 0 Å². The minimum absolute atomic E-state index is 0.121. The van der Waals surface area contributed by atoms with Gasteiger partial charge >= 0.3 is 6.03 Å². The Hall–Kier alpha value is -0.770. The Kier molecular flexibility index (Phi) is 6.23. The van der Waals surface area contributed by atoms with Crippen LogP contribution in [-0.2, 0) is 0 Å². The quantitative estimate of drug-likeness (QED) is 0.749. The van der Waals surface area contributed by atoms with E-state index in [0.717, 1.165) is 51.9 Å². The molecule has 0 aromatic carbocycles. The van der Waals surface area contributed by atoms with E-state index < -0.39 is 0 Å². The molecule has 1 fully saturated rings. The van der Waals surface area contributed by atoms with Crippen LogP contribution in [0.25, 0.3) is 0 Å². The topological polar surface area (TPSA) is 44.4 Å². The third kappa shape index (κ3) is 4.00. The van der Waals surface area contributed by atoms with Crippen LogP contribution in [0.3, 0.4) is 0 Å². The molecule has 0 bridgehead atoms. The van der Waals surface area contributed by atoms with Crippen LogP contribution in [0.15, 0.2) is 0 Å². The zero-order chi connectivity index (χ0) is 11.8. The molecule has 1 saturated heterocycles. The largest absolute Gasteiger partial charge is 0.338 e. The van der Waals surface area contributed by atoms with Gasteiger partial charge in [0, 0.05) is 19.1 Å². The third-order valence-corrected chi connectivity index (χ3v) is 3.00. The normalized spacial score (nSPS) is 17.1. The van der Waals surface area contributed by atoms with Gasteiger partial charge in [-0.05, 0) is 38.8 Å². The Morgan fingerprint density at radius 2 is 2.00 bits per heavy atom. The lowest BCUT2D eigenvalue weighted by Gasteiger charge is -2.34. The van der Waals surface area contributed by atoms with Crippen LogP contribution in [-0.4, -0.2) is 43.2 Å². The summed E-state index contributed by atoms with van der Waals surface area (Å²) < 4.78 is 0. The number of carbonyl (C=O) groups excluding carboxylic acids is 1. The van der Waals surface area contributed by atoms with Crippen molar-refractivity contribution >= 4 is 6.03 Å². The van der Waals surface area contributed by atoms with Crippen molar-refractivity contribution in [2.24, 2.45) is 0 Å². The van der Waals surface area contributed by atoms with E-state index in [2.05, 4.69) is 24.5 Å². The summed E-state index contributed by atoms with van der Waals surface area (Å²) in [5.74, 6) is 0. The molecule has 1 aliphatic rings. The summed E-state index contributed by atoms with van der Waals surface area (Å²) in [6.07, 6.45) is 4.19. The number of rotatable bonds is 5. The highest BCUT2D eigenvalue weighted by Crippen LogP contribution is 2.12. The van der Waals surface area contributed by atoms with E-state index in [4.69, 9.17) is 0 Å². The molecule has 1 rings (SSSR count). The maximum Gasteiger partial charge on any atom is 0.317 e. The van der Waals surface area contributed by atoms with E-state index in [1.165, 1.54) is 0 Å². The molecule has 0 spiro atoms. The maximum absolute atomic E-state index is 12.0. The smallest absolute Gasteiger partial charge is 0.317 e. The zero-order valence-corrected chi connectivity index (χ0v) is 10.6. The molecule has 0 aromatic rings. The van der Waals surface area contributed by atoms with E-state index in [0.29, 0.717) is 6.04 Å². The molecule has 94 valence electrons. The molecule has 1 aliphatic heterocycles. The third-order valence-electron chi connectivity index (χ3n) is 3.00. The van der Waals surface area contributed by atoms with Gasteiger partial charge in [-0.2, -0.15) is 0 Å². The van der Waals surface area contributed by atoms with Crippen molar-refractivity contribution < 1.29 is 4.79 Å². The zero-order valence-electron chi connectivity index (χ0n) is 10.6. The van der Waals surface area contributed by atoms with Gasteiger partial charge in [-0.3, -0.25) is 0 Å². The second-order valence-electron chi connectivity index (χ2n) is 4.41. The van der Waals surface area contributed by atoms with E-state index in [1.807, 2.05) is 4.90 Å². The summed E-state index contributed by atoms with van der Waals surface area (Å²) >= 11 is 0. The van der Waals surface area contributed by atoms with Gasteiger partial charge in [0.2, 0.25) is 0 Å². The molecule has 0 saturated carbocycles. The van der Waals surface area contributed by atoms with E-state index in [-0.39, 0.29) is 6.03 Å². The van der Waals surface area contributed by atoms with Gasteiger partial charge in [0.25, 0.3) is 0 Å². The number of piperidine rings is 1. The number of amides is 2. The van der Waals surface area contributed by atoms with Crippen LogP contribution in [0.1, 0.15) is 39.5 Å². The highest BCUT2D eigenvalue weighted by molar-refractivity contribution is 5.74. The van der Waals surface area contributed by atoms with Crippen molar-refractivity contribution in [2.45, 2.75) is 45.6 Å². The lowest BCUT2D eigenvalue weighted by atomic mass is 10.0. The van der Waals surface area contributed by atoms with Crippen molar-refractivity contribution in [3.05, 3.63) is 0 Å². The SMILES string of the molecule is CCCNC(=O)N(CCC)C1CCNCC1. The van der Waals surface area contributed by atoms with Crippen LogP contribution < -0.4 is 10.6 Å². The predicted octanol–water partition coefficient (Wildman–Crippen LogP) is 1.57. The van der Waals surface area contributed by atoms with Gasteiger partial charge in [0.1, 0.15) is 0 Å². The standard InChI is InChI=1S/C12H25N3O/c1-3-7-14-12(16)15(10-4-2)11-5-8-13-9-6-11/h11,13H,3-10H2,1-2H3,(H,14,16). The molecule has 0 atom stereocenters. The molecule has 4 heteroatoms. The first-order chi connectivity index (χ1) is 7.79. The van der Waals surface area contributed by atoms with Gasteiger partial charge in [-0.15, -0.1) is 0 Å². The fraction of sp³-hybridized carbons (Fsp3) is 0.917. The van der Waals surface area contributed by atoms with Crippen molar-refractivity contribution in [1.82, 2.24) is 15.5 Å². The summed E-state index contributed by atoms with van der Waals surface area (Å²) in [6.45, 7) is 7.93. The Morgan fingerprint density at radius 3 is 2.56 bits per heavy atom. The number of urea groups is 1. The first-order valence-corrected chi connectivity index (χ1v) is 6.54. The lowest BCUT2D eigenvalue weighted by Crippen LogP contribution is -2.50. The first-order valence-electron chi connectivity index (χ1n) is 6.54. The molecule has 2 N–H and O–H groups in total. The molecule has 2 amide bonds. The second-order valence-corrected chi connectivity index (χ2v) is 4.41. The van der Waals surface area contributed by atoms with Crippen molar-refractivity contribution in [2.75, 3.05) is 26.2 Å². The summed E-state index contributed by atoms with van der Waals surface area (Å²) in [6, 6.07) is 0.550. The van der Waals surface area contributed by atoms with E-state index in [1.54, 1.807) is 0 Å². The van der Waals surface area contributed by atoms with Crippen LogP contribution in [0.4, 0.5) is 4.79 Å². The summed E-state index contributed by atoms with van der Waals surface area (Å²) in [4.78, 5) is 14.0. The molecule has 1 heterocycles. The van der Waals surface area contributed by atoms with Gasteiger partial charge in [0.05, 0.1) is 0 Å². The Morgan fingerprint density at radius 1 is 1.31 bits per heavy atom. The molecular formula is C12H25N3O. The lowest BCUT2D eigenvalue weighted by molar-refractivity contribution is 0.159. The number of hydrogen-bond donors (Lipinski definition) is 2. The average molecular weight is 227 g/mol. The summed E-state index contributed by atoms with van der Waals surface area (Å²) in [5, 5.41) is 6.32. The fourth-order valence-electron chi connectivity index (χ4n) is 2.14. The Balaban J connectivity index is 2.47. The van der Waals surface area contributed by atoms with Crippen molar-refractivity contribution in [1.29, 1.82) is 0 Å². The minimum Gasteiger partial charge on any atom is -0.338 e. The molecule has 0 aliphatic carbocycles. The maximum atomic E-state index is 12.0. The summed E-state index contributed by atoms with van der Waals surface area (Å²) in [7, 11) is 0. The highest BCUT2D eigenvalue weighted by Gasteiger charge is 2.23. The molecule has 0 radical (unpaired) electrons. The van der Waals surface area contributed by atoms with Crippen LogP contribution in [0.2, 0.25) is 0 Å². The molecule has 0 aromatic heterocycles. The monoisotopic (exact) mass is 227 g/mol. The molecule has 16 heavy (non-hydrogen) atoms. The molecule has 4 nitrogen and oxygen atoms in total. The average Bonchev–Trinajstić information content (AvgIpc) is 2.34. The number of nitrogens with zero attached hydrogens (tertiary/aromatic N) is 1. The second kappa shape index (κ2) is 7.49. The predicted molar refractivity (Wildman–Crippen MR) is 66.6 cm³/mol. The minimum atomic E-state index is 0.121. The summed E-state index contributed by atoms with van der Waals surface area (Å²) in [5.41, 5.74) is 0. The number of carbonyl (C=O) groups is 1. The molecule has 0 unspecified atom stereocenters. The van der Waals surface area contributed by atoms with Gasteiger partial charge in [-0.25, -0.2) is 4.79 Å². The van der Waals surface area contributed by atoms with E-state index in [9.17, 15) is 4.79 Å². The van der Waals surface area contributed by atoms with Crippen molar-refractivity contribution in [3.8, 4) is 0 Å². The first kappa shape index (κ1) is 13.3. The number of hydrogen-bond acceptors (Lipinski definition) is 2. The van der Waals surface area contributed by atoms with E-state index >= 15 is 0 Å². The van der Waals surface area contributed by atoms with Crippen LogP contribution in [0, 0.1) is 0 Å². The fourth-order valence-corrected chi connectivity index (χ4v) is 2.14.